The average Bonchev–Trinajstić information content (AvgIpc) is 2.64. The smallest absolute Gasteiger partial charge is 0.345 e. The minimum atomic E-state index is -0.677. The first-order valence-electron chi connectivity index (χ1n) is 8.69. The van der Waals surface area contributed by atoms with Gasteiger partial charge in [-0.3, -0.25) is 9.36 Å². The van der Waals surface area contributed by atoms with Crippen LogP contribution >= 0.6 is 0 Å². The highest BCUT2D eigenvalue weighted by Crippen LogP contribution is 2.22. The number of phenolic OH excluding ortho intramolecular Hbond substituents is 1. The van der Waals surface area contributed by atoms with Crippen molar-refractivity contribution < 1.29 is 14.6 Å². The van der Waals surface area contributed by atoms with Crippen molar-refractivity contribution >= 4 is 17.9 Å². The fourth-order valence-electron chi connectivity index (χ4n) is 2.89. The van der Waals surface area contributed by atoms with Crippen LogP contribution in [-0.2, 0) is 4.74 Å². The number of hydrogen-bond acceptors (Lipinski definition) is 7. The highest BCUT2D eigenvalue weighted by molar-refractivity contribution is 5.99. The molecule has 1 aliphatic rings. The zero-order chi connectivity index (χ0) is 19.4. The standard InChI is InChI=1S/C19H20N4O4/c1-3-27-19(26)15-11-20-17-16(8-7-12(2)23(17)18(15)25)22-21-10-13-5-4-6-14(24)9-13/h4-6,9-12,24H,3,7-8H2,1-2H3/b21-10+,22-16+. The van der Waals surface area contributed by atoms with Crippen LogP contribution < -0.4 is 5.56 Å². The number of carbonyl (C=O) groups excluding carboxylic acids is 1. The van der Waals surface area contributed by atoms with Crippen molar-refractivity contribution in [3.05, 3.63) is 57.8 Å². The van der Waals surface area contributed by atoms with Crippen molar-refractivity contribution in [2.75, 3.05) is 6.61 Å². The van der Waals surface area contributed by atoms with Crippen LogP contribution in [0.4, 0.5) is 0 Å². The summed E-state index contributed by atoms with van der Waals surface area (Å²) in [5, 5.41) is 17.7. The van der Waals surface area contributed by atoms with E-state index in [1.165, 1.54) is 17.0 Å². The summed E-state index contributed by atoms with van der Waals surface area (Å²) in [4.78, 5) is 28.9. The topological polar surface area (TPSA) is 106 Å². The van der Waals surface area contributed by atoms with Gasteiger partial charge in [0.25, 0.3) is 5.56 Å². The van der Waals surface area contributed by atoms with E-state index < -0.39 is 11.5 Å². The Labute approximate surface area is 155 Å². The molecule has 0 aliphatic carbocycles. The molecule has 2 aromatic rings. The van der Waals surface area contributed by atoms with E-state index in [9.17, 15) is 14.7 Å². The van der Waals surface area contributed by atoms with Crippen molar-refractivity contribution in [3.8, 4) is 5.75 Å². The second-order valence-electron chi connectivity index (χ2n) is 6.17. The fraction of sp³-hybridized carbons (Fsp3) is 0.316. The maximum atomic E-state index is 12.7. The van der Waals surface area contributed by atoms with Crippen molar-refractivity contribution in [3.63, 3.8) is 0 Å². The van der Waals surface area contributed by atoms with E-state index >= 15 is 0 Å². The molecule has 0 bridgehead atoms. The van der Waals surface area contributed by atoms with Gasteiger partial charge in [-0.05, 0) is 44.4 Å². The number of ether oxygens (including phenoxy) is 1. The average molecular weight is 368 g/mol. The van der Waals surface area contributed by atoms with Crippen LogP contribution in [0, 0.1) is 0 Å². The second kappa shape index (κ2) is 7.94. The SMILES string of the molecule is CCOC(=O)c1cnc2n(c1=O)C(C)CC/C2=N\N=C\c1cccc(O)c1. The number of rotatable bonds is 4. The Morgan fingerprint density at radius 2 is 2.30 bits per heavy atom. The molecule has 0 spiro atoms. The van der Waals surface area contributed by atoms with Gasteiger partial charge < -0.3 is 9.84 Å². The molecule has 1 N–H and O–H groups in total. The summed E-state index contributed by atoms with van der Waals surface area (Å²) in [6.45, 7) is 3.76. The molecule has 0 amide bonds. The molecular weight excluding hydrogens is 348 g/mol. The number of aromatic nitrogens is 2. The van der Waals surface area contributed by atoms with E-state index in [2.05, 4.69) is 15.2 Å². The van der Waals surface area contributed by atoms with Crippen molar-refractivity contribution in [1.82, 2.24) is 9.55 Å². The lowest BCUT2D eigenvalue weighted by Gasteiger charge is -2.24. The molecule has 0 saturated carbocycles. The number of phenols is 1. The maximum Gasteiger partial charge on any atom is 0.345 e. The molecule has 3 rings (SSSR count). The Kier molecular flexibility index (Phi) is 5.44. The molecule has 1 aromatic carbocycles. The number of fused-ring (bicyclic) bond motifs is 1. The fourth-order valence-corrected chi connectivity index (χ4v) is 2.89. The molecule has 140 valence electrons. The van der Waals surface area contributed by atoms with Gasteiger partial charge in [-0.25, -0.2) is 9.78 Å². The first-order chi connectivity index (χ1) is 13.0. The first kappa shape index (κ1) is 18.5. The third-order valence-corrected chi connectivity index (χ3v) is 4.24. The van der Waals surface area contributed by atoms with Gasteiger partial charge in [0, 0.05) is 12.2 Å². The van der Waals surface area contributed by atoms with E-state index in [-0.39, 0.29) is 24.0 Å². The molecule has 27 heavy (non-hydrogen) atoms. The molecule has 1 unspecified atom stereocenters. The third-order valence-electron chi connectivity index (χ3n) is 4.24. The molecule has 0 fully saturated rings. The largest absolute Gasteiger partial charge is 0.508 e. The Morgan fingerprint density at radius 3 is 3.04 bits per heavy atom. The summed E-state index contributed by atoms with van der Waals surface area (Å²) >= 11 is 0. The zero-order valence-corrected chi connectivity index (χ0v) is 15.1. The summed E-state index contributed by atoms with van der Waals surface area (Å²) in [5.74, 6) is -0.133. The number of nitrogens with zero attached hydrogens (tertiary/aromatic N) is 4. The Hall–Kier alpha value is -3.29. The quantitative estimate of drug-likeness (QED) is 0.506. The van der Waals surface area contributed by atoms with E-state index in [0.717, 1.165) is 0 Å². The van der Waals surface area contributed by atoms with Crippen LogP contribution in [0.3, 0.4) is 0 Å². The molecule has 8 nitrogen and oxygen atoms in total. The van der Waals surface area contributed by atoms with Crippen molar-refractivity contribution in [2.24, 2.45) is 10.2 Å². The van der Waals surface area contributed by atoms with Crippen molar-refractivity contribution in [2.45, 2.75) is 32.7 Å². The van der Waals surface area contributed by atoms with Crippen LogP contribution in [0.15, 0.2) is 45.5 Å². The van der Waals surface area contributed by atoms with Crippen LogP contribution in [0.1, 0.15) is 54.5 Å². The van der Waals surface area contributed by atoms with E-state index in [1.807, 2.05) is 6.92 Å². The summed E-state index contributed by atoms with van der Waals surface area (Å²) < 4.78 is 6.39. The van der Waals surface area contributed by atoms with E-state index in [1.54, 1.807) is 31.2 Å². The van der Waals surface area contributed by atoms with Gasteiger partial charge in [0.1, 0.15) is 17.0 Å². The molecule has 0 saturated heterocycles. The van der Waals surface area contributed by atoms with E-state index in [4.69, 9.17) is 4.74 Å². The van der Waals surface area contributed by atoms with Gasteiger partial charge in [-0.2, -0.15) is 10.2 Å². The monoisotopic (exact) mass is 368 g/mol. The Balaban J connectivity index is 1.95. The third kappa shape index (κ3) is 3.94. The van der Waals surface area contributed by atoms with Gasteiger partial charge in [0.2, 0.25) is 0 Å². The number of aromatic hydroxyl groups is 1. The van der Waals surface area contributed by atoms with Crippen LogP contribution in [0.2, 0.25) is 0 Å². The summed E-state index contributed by atoms with van der Waals surface area (Å²) in [6, 6.07) is 6.52. The Morgan fingerprint density at radius 1 is 1.48 bits per heavy atom. The van der Waals surface area contributed by atoms with Crippen molar-refractivity contribution in [1.29, 1.82) is 0 Å². The van der Waals surface area contributed by atoms with Gasteiger partial charge >= 0.3 is 5.97 Å². The van der Waals surface area contributed by atoms with Gasteiger partial charge in [0.15, 0.2) is 5.82 Å². The minimum absolute atomic E-state index is 0.0861. The maximum absolute atomic E-state index is 12.7. The normalized spacial score (nSPS) is 17.9. The predicted molar refractivity (Wildman–Crippen MR) is 101 cm³/mol. The van der Waals surface area contributed by atoms with E-state index in [0.29, 0.717) is 29.9 Å². The lowest BCUT2D eigenvalue weighted by molar-refractivity contribution is 0.0522. The van der Waals surface area contributed by atoms with Gasteiger partial charge in [-0.15, -0.1) is 0 Å². The summed E-state index contributed by atoms with van der Waals surface area (Å²) in [6.07, 6.45) is 4.05. The first-order valence-corrected chi connectivity index (χ1v) is 8.69. The lowest BCUT2D eigenvalue weighted by Crippen LogP contribution is -2.37. The lowest BCUT2D eigenvalue weighted by atomic mass is 10.0. The molecular formula is C19H20N4O4. The summed E-state index contributed by atoms with van der Waals surface area (Å²) in [7, 11) is 0. The summed E-state index contributed by atoms with van der Waals surface area (Å²) in [5.41, 5.74) is 0.746. The Bertz CT molecular complexity index is 978. The van der Waals surface area contributed by atoms with Gasteiger partial charge in [-0.1, -0.05) is 12.1 Å². The molecule has 1 aromatic heterocycles. The molecule has 8 heteroatoms. The molecule has 0 radical (unpaired) electrons. The van der Waals surface area contributed by atoms with Gasteiger partial charge in [0.05, 0.1) is 12.8 Å². The minimum Gasteiger partial charge on any atom is -0.508 e. The number of esters is 1. The molecule has 1 aliphatic heterocycles. The highest BCUT2D eigenvalue weighted by Gasteiger charge is 2.26. The molecule has 1 atom stereocenters. The molecule has 2 heterocycles. The number of hydrogen-bond donors (Lipinski definition) is 1. The second-order valence-corrected chi connectivity index (χ2v) is 6.17. The number of carbonyl (C=O) groups is 1. The van der Waals surface area contributed by atoms with Crippen LogP contribution in [0.5, 0.6) is 5.75 Å². The van der Waals surface area contributed by atoms with Crippen LogP contribution in [0.25, 0.3) is 0 Å². The predicted octanol–water partition coefficient (Wildman–Crippen LogP) is 2.30. The van der Waals surface area contributed by atoms with Crippen LogP contribution in [-0.4, -0.2) is 39.2 Å². The zero-order valence-electron chi connectivity index (χ0n) is 15.1. The highest BCUT2D eigenvalue weighted by atomic mass is 16.5. The number of benzene rings is 1.